The summed E-state index contributed by atoms with van der Waals surface area (Å²) in [5.41, 5.74) is 0. The van der Waals surface area contributed by atoms with Gasteiger partial charge in [0, 0.05) is 38.1 Å². The highest BCUT2D eigenvalue weighted by Gasteiger charge is 2.15. The van der Waals surface area contributed by atoms with Crippen LogP contribution in [0.3, 0.4) is 0 Å². The molecule has 1 atom stereocenters. The summed E-state index contributed by atoms with van der Waals surface area (Å²) in [5.74, 6) is 2.27. The number of nitrogens with one attached hydrogen (secondary N) is 2. The van der Waals surface area contributed by atoms with Gasteiger partial charge in [-0.2, -0.15) is 0 Å². The van der Waals surface area contributed by atoms with Crippen LogP contribution in [0.1, 0.15) is 12.8 Å². The minimum atomic E-state index is 0.571. The topological polar surface area (TPSA) is 64.1 Å². The Morgan fingerprint density at radius 2 is 1.96 bits per heavy atom. The van der Waals surface area contributed by atoms with Gasteiger partial charge >= 0.3 is 0 Å². The first kappa shape index (κ1) is 20.4. The molecule has 2 N–H and O–H groups in total. The summed E-state index contributed by atoms with van der Waals surface area (Å²) in [6.07, 6.45) is 2.07. The van der Waals surface area contributed by atoms with Crippen LogP contribution in [0.2, 0.25) is 0 Å². The molecule has 1 unspecified atom stereocenters. The van der Waals surface area contributed by atoms with Crippen molar-refractivity contribution >= 4 is 16.7 Å². The lowest BCUT2D eigenvalue weighted by atomic mass is 10.1. The molecule has 1 aliphatic heterocycles. The maximum absolute atomic E-state index is 5.94. The summed E-state index contributed by atoms with van der Waals surface area (Å²) < 4.78 is 17.0. The van der Waals surface area contributed by atoms with Gasteiger partial charge in [0.05, 0.1) is 19.8 Å². The molecule has 0 saturated carbocycles. The number of fused-ring (bicyclic) bond motifs is 1. The van der Waals surface area contributed by atoms with Crippen LogP contribution in [0.4, 0.5) is 0 Å². The SMILES string of the molecule is CN=C(NCCCOCC1CCOC1)NCCOc1cccc2ccccc12. The van der Waals surface area contributed by atoms with Crippen molar-refractivity contribution in [3.63, 3.8) is 0 Å². The molecule has 1 fully saturated rings. The van der Waals surface area contributed by atoms with Gasteiger partial charge in [-0.1, -0.05) is 36.4 Å². The number of hydrogen-bond donors (Lipinski definition) is 2. The second-order valence-corrected chi connectivity index (χ2v) is 6.91. The van der Waals surface area contributed by atoms with Gasteiger partial charge in [-0.25, -0.2) is 0 Å². The Balaban J connectivity index is 1.28. The number of benzene rings is 2. The van der Waals surface area contributed by atoms with Crippen molar-refractivity contribution in [2.45, 2.75) is 12.8 Å². The fourth-order valence-electron chi connectivity index (χ4n) is 3.22. The lowest BCUT2D eigenvalue weighted by molar-refractivity contribution is 0.0888. The molecule has 6 nitrogen and oxygen atoms in total. The summed E-state index contributed by atoms with van der Waals surface area (Å²) in [4.78, 5) is 4.24. The van der Waals surface area contributed by atoms with Gasteiger partial charge in [0.1, 0.15) is 12.4 Å². The van der Waals surface area contributed by atoms with E-state index in [9.17, 15) is 0 Å². The number of aliphatic imine (C=N–C) groups is 1. The molecule has 0 bridgehead atoms. The summed E-state index contributed by atoms with van der Waals surface area (Å²) >= 11 is 0. The second-order valence-electron chi connectivity index (χ2n) is 6.91. The molecule has 0 aromatic heterocycles. The predicted octanol–water partition coefficient (Wildman–Crippen LogP) is 2.83. The van der Waals surface area contributed by atoms with Crippen LogP contribution in [0.15, 0.2) is 47.5 Å². The molecule has 0 spiro atoms. The van der Waals surface area contributed by atoms with Gasteiger partial charge in [-0.15, -0.1) is 0 Å². The molecule has 3 rings (SSSR count). The second kappa shape index (κ2) is 11.5. The van der Waals surface area contributed by atoms with Crippen molar-refractivity contribution < 1.29 is 14.2 Å². The third-order valence-electron chi connectivity index (χ3n) is 4.76. The highest BCUT2D eigenvalue weighted by atomic mass is 16.5. The smallest absolute Gasteiger partial charge is 0.191 e. The van der Waals surface area contributed by atoms with E-state index in [-0.39, 0.29) is 0 Å². The van der Waals surface area contributed by atoms with Crippen LogP contribution in [0, 0.1) is 5.92 Å². The quantitative estimate of drug-likeness (QED) is 0.374. The summed E-state index contributed by atoms with van der Waals surface area (Å²) in [6, 6.07) is 14.4. The van der Waals surface area contributed by atoms with E-state index in [4.69, 9.17) is 14.2 Å². The van der Waals surface area contributed by atoms with E-state index in [0.717, 1.165) is 62.9 Å². The Labute approximate surface area is 167 Å². The third-order valence-corrected chi connectivity index (χ3v) is 4.76. The third kappa shape index (κ3) is 6.39. The number of guanidine groups is 1. The Hall–Kier alpha value is -2.31. The average Bonchev–Trinajstić information content (AvgIpc) is 3.25. The number of hydrogen-bond acceptors (Lipinski definition) is 4. The molecule has 0 aliphatic carbocycles. The lowest BCUT2D eigenvalue weighted by Crippen LogP contribution is -2.39. The molecule has 1 heterocycles. The minimum Gasteiger partial charge on any atom is -0.491 e. The highest BCUT2D eigenvalue weighted by Crippen LogP contribution is 2.24. The van der Waals surface area contributed by atoms with E-state index in [1.54, 1.807) is 7.05 Å². The Kier molecular flexibility index (Phi) is 8.40. The van der Waals surface area contributed by atoms with E-state index >= 15 is 0 Å². The van der Waals surface area contributed by atoms with E-state index in [0.29, 0.717) is 19.1 Å². The van der Waals surface area contributed by atoms with E-state index in [1.807, 2.05) is 24.3 Å². The van der Waals surface area contributed by atoms with Crippen molar-refractivity contribution in [3.05, 3.63) is 42.5 Å². The first-order valence-electron chi connectivity index (χ1n) is 10.1. The van der Waals surface area contributed by atoms with Crippen LogP contribution in [0.25, 0.3) is 10.8 Å². The molecule has 2 aromatic rings. The number of ether oxygens (including phenoxy) is 3. The van der Waals surface area contributed by atoms with Crippen molar-refractivity contribution in [2.24, 2.45) is 10.9 Å². The van der Waals surface area contributed by atoms with Crippen LogP contribution in [-0.2, 0) is 9.47 Å². The van der Waals surface area contributed by atoms with Crippen molar-refractivity contribution in [1.29, 1.82) is 0 Å². The normalized spacial score (nSPS) is 17.0. The molecular formula is C22H31N3O3. The standard InChI is InChI=1S/C22H31N3O3/c1-23-22(24-11-5-13-26-16-18-10-14-27-17-18)25-12-15-28-21-9-4-7-19-6-2-3-8-20(19)21/h2-4,6-9,18H,5,10-17H2,1H3,(H2,23,24,25). The Morgan fingerprint density at radius 3 is 2.82 bits per heavy atom. The molecule has 1 aliphatic rings. The van der Waals surface area contributed by atoms with Crippen LogP contribution >= 0.6 is 0 Å². The van der Waals surface area contributed by atoms with Gasteiger partial charge in [0.15, 0.2) is 5.96 Å². The first-order chi connectivity index (χ1) is 13.9. The van der Waals surface area contributed by atoms with Crippen LogP contribution in [-0.4, -0.2) is 59.1 Å². The van der Waals surface area contributed by atoms with Crippen LogP contribution in [0.5, 0.6) is 5.75 Å². The van der Waals surface area contributed by atoms with E-state index in [2.05, 4.69) is 33.8 Å². The molecule has 6 heteroatoms. The Morgan fingerprint density at radius 1 is 1.11 bits per heavy atom. The number of rotatable bonds is 10. The van der Waals surface area contributed by atoms with Crippen molar-refractivity contribution in [1.82, 2.24) is 10.6 Å². The zero-order valence-corrected chi connectivity index (χ0v) is 16.7. The first-order valence-corrected chi connectivity index (χ1v) is 10.1. The van der Waals surface area contributed by atoms with Crippen LogP contribution < -0.4 is 15.4 Å². The van der Waals surface area contributed by atoms with Gasteiger partial charge in [0.2, 0.25) is 0 Å². The molecule has 0 radical (unpaired) electrons. The van der Waals surface area contributed by atoms with E-state index in [1.165, 1.54) is 5.39 Å². The monoisotopic (exact) mass is 385 g/mol. The summed E-state index contributed by atoms with van der Waals surface area (Å²) in [6.45, 7) is 5.36. The molecule has 0 amide bonds. The van der Waals surface area contributed by atoms with Gasteiger partial charge < -0.3 is 24.8 Å². The maximum atomic E-state index is 5.94. The summed E-state index contributed by atoms with van der Waals surface area (Å²) in [7, 11) is 1.78. The zero-order chi connectivity index (χ0) is 19.4. The molecule has 28 heavy (non-hydrogen) atoms. The van der Waals surface area contributed by atoms with Gasteiger partial charge in [0.25, 0.3) is 0 Å². The largest absolute Gasteiger partial charge is 0.491 e. The molecule has 1 saturated heterocycles. The van der Waals surface area contributed by atoms with Gasteiger partial charge in [-0.05, 0) is 24.3 Å². The molecule has 2 aromatic carbocycles. The van der Waals surface area contributed by atoms with Gasteiger partial charge in [-0.3, -0.25) is 4.99 Å². The fraction of sp³-hybridized carbons (Fsp3) is 0.500. The summed E-state index contributed by atoms with van der Waals surface area (Å²) in [5, 5.41) is 8.91. The van der Waals surface area contributed by atoms with E-state index < -0.39 is 0 Å². The van der Waals surface area contributed by atoms with Crippen molar-refractivity contribution in [2.75, 3.05) is 53.2 Å². The molecular weight excluding hydrogens is 354 g/mol. The van der Waals surface area contributed by atoms with Crippen molar-refractivity contribution in [3.8, 4) is 5.75 Å². The maximum Gasteiger partial charge on any atom is 0.191 e. The zero-order valence-electron chi connectivity index (χ0n) is 16.7. The Bertz CT molecular complexity index is 739. The highest BCUT2D eigenvalue weighted by molar-refractivity contribution is 5.88. The average molecular weight is 386 g/mol. The minimum absolute atomic E-state index is 0.571. The molecule has 152 valence electrons. The lowest BCUT2D eigenvalue weighted by Gasteiger charge is -2.14. The predicted molar refractivity (Wildman–Crippen MR) is 113 cm³/mol. The number of nitrogens with zero attached hydrogens (tertiary/aromatic N) is 1. The fourth-order valence-corrected chi connectivity index (χ4v) is 3.22.